The summed E-state index contributed by atoms with van der Waals surface area (Å²) in [5.74, 6) is 0.430. The summed E-state index contributed by atoms with van der Waals surface area (Å²) in [4.78, 5) is 11.8. The van der Waals surface area contributed by atoms with Crippen LogP contribution in [0.3, 0.4) is 0 Å². The minimum Gasteiger partial charge on any atom is -0.368 e. The monoisotopic (exact) mass is 281 g/mol. The Balaban J connectivity index is 1.94. The van der Waals surface area contributed by atoms with Crippen LogP contribution in [0.1, 0.15) is 11.4 Å². The van der Waals surface area contributed by atoms with Crippen molar-refractivity contribution in [2.45, 2.75) is 19.0 Å². The molecule has 9 heteroatoms. The quantitative estimate of drug-likeness (QED) is 0.702. The summed E-state index contributed by atoms with van der Waals surface area (Å²) in [7, 11) is 1.75. The van der Waals surface area contributed by atoms with Crippen LogP contribution in [0.5, 0.6) is 0 Å². The number of thioether (sulfide) groups is 1. The number of nitrogen functional groups attached to an aromatic ring is 1. The van der Waals surface area contributed by atoms with Gasteiger partial charge in [0.05, 0.1) is 22.8 Å². The number of H-pyrrole nitrogens is 1. The number of hydrogen-bond acceptors (Lipinski definition) is 6. The van der Waals surface area contributed by atoms with E-state index in [0.717, 1.165) is 17.1 Å². The summed E-state index contributed by atoms with van der Waals surface area (Å²) in [5, 5.41) is 17.8. The van der Waals surface area contributed by atoms with Crippen molar-refractivity contribution in [1.29, 1.82) is 0 Å². The summed E-state index contributed by atoms with van der Waals surface area (Å²) in [5.41, 5.74) is 7.88. The molecule has 0 saturated heterocycles. The molecule has 2 aromatic heterocycles. The molecule has 2 rings (SSSR count). The number of aromatic nitrogens is 5. The average molecular weight is 281 g/mol. The zero-order chi connectivity index (χ0) is 14.0. The summed E-state index contributed by atoms with van der Waals surface area (Å²) in [6, 6.07) is 0. The van der Waals surface area contributed by atoms with Gasteiger partial charge in [-0.05, 0) is 13.8 Å². The predicted molar refractivity (Wildman–Crippen MR) is 72.8 cm³/mol. The number of amides is 1. The van der Waals surface area contributed by atoms with Crippen LogP contribution in [0.25, 0.3) is 0 Å². The van der Waals surface area contributed by atoms with Gasteiger partial charge in [-0.3, -0.25) is 14.5 Å². The summed E-state index contributed by atoms with van der Waals surface area (Å²) in [6.45, 7) is 3.68. The van der Waals surface area contributed by atoms with Gasteiger partial charge in [0, 0.05) is 7.05 Å². The van der Waals surface area contributed by atoms with Gasteiger partial charge in [-0.15, -0.1) is 10.2 Å². The Bertz CT molecular complexity index is 584. The molecule has 102 valence electrons. The van der Waals surface area contributed by atoms with Gasteiger partial charge in [0.25, 0.3) is 0 Å². The van der Waals surface area contributed by atoms with Crippen LogP contribution in [0.15, 0.2) is 5.16 Å². The maximum atomic E-state index is 11.8. The number of aromatic amines is 1. The van der Waals surface area contributed by atoms with E-state index in [2.05, 4.69) is 25.7 Å². The first-order valence-corrected chi connectivity index (χ1v) is 6.56. The number of nitrogens with two attached hydrogens (primary N) is 1. The molecule has 0 aliphatic rings. The molecule has 2 heterocycles. The lowest BCUT2D eigenvalue weighted by molar-refractivity contribution is -0.113. The second-order valence-electron chi connectivity index (χ2n) is 4.05. The van der Waals surface area contributed by atoms with Crippen LogP contribution in [0.2, 0.25) is 0 Å². The smallest absolute Gasteiger partial charge is 0.234 e. The van der Waals surface area contributed by atoms with E-state index in [1.165, 1.54) is 11.8 Å². The minimum atomic E-state index is -0.126. The number of rotatable bonds is 4. The number of nitrogens with one attached hydrogen (secondary N) is 2. The fourth-order valence-corrected chi connectivity index (χ4v) is 2.21. The van der Waals surface area contributed by atoms with E-state index >= 15 is 0 Å². The zero-order valence-electron chi connectivity index (χ0n) is 10.9. The molecule has 0 atom stereocenters. The van der Waals surface area contributed by atoms with Crippen molar-refractivity contribution in [3.8, 4) is 0 Å². The first kappa shape index (κ1) is 13.4. The number of aryl methyl sites for hydroxylation is 2. The van der Waals surface area contributed by atoms with Crippen molar-refractivity contribution < 1.29 is 4.79 Å². The van der Waals surface area contributed by atoms with E-state index in [0.29, 0.717) is 11.1 Å². The van der Waals surface area contributed by atoms with Crippen LogP contribution in [-0.2, 0) is 11.8 Å². The molecule has 0 bridgehead atoms. The van der Waals surface area contributed by atoms with Crippen LogP contribution in [0, 0.1) is 13.8 Å². The summed E-state index contributed by atoms with van der Waals surface area (Å²) < 4.78 is 1.63. The van der Waals surface area contributed by atoms with Gasteiger partial charge in [-0.25, -0.2) is 0 Å². The molecule has 0 aromatic carbocycles. The fraction of sp³-hybridized carbons (Fsp3) is 0.400. The van der Waals surface area contributed by atoms with E-state index < -0.39 is 0 Å². The summed E-state index contributed by atoms with van der Waals surface area (Å²) >= 11 is 1.28. The minimum absolute atomic E-state index is 0.126. The molecule has 0 unspecified atom stereocenters. The van der Waals surface area contributed by atoms with Gasteiger partial charge in [0.1, 0.15) is 0 Å². The normalized spacial score (nSPS) is 10.7. The Morgan fingerprint density at radius 3 is 2.74 bits per heavy atom. The molecule has 19 heavy (non-hydrogen) atoms. The highest BCUT2D eigenvalue weighted by atomic mass is 32.2. The van der Waals surface area contributed by atoms with E-state index in [-0.39, 0.29) is 11.7 Å². The van der Waals surface area contributed by atoms with Crippen molar-refractivity contribution in [3.63, 3.8) is 0 Å². The van der Waals surface area contributed by atoms with E-state index in [4.69, 9.17) is 5.73 Å². The number of carbonyl (C=O) groups is 1. The molecule has 4 N–H and O–H groups in total. The van der Waals surface area contributed by atoms with Gasteiger partial charge in [0.15, 0.2) is 5.16 Å². The molecule has 0 radical (unpaired) electrons. The van der Waals surface area contributed by atoms with Gasteiger partial charge in [-0.2, -0.15) is 5.10 Å². The lowest BCUT2D eigenvalue weighted by Gasteiger charge is -2.04. The van der Waals surface area contributed by atoms with E-state index in [1.807, 2.05) is 13.8 Å². The molecular formula is C10H15N7OS. The first-order valence-electron chi connectivity index (χ1n) is 5.58. The largest absolute Gasteiger partial charge is 0.368 e. The third-order valence-electron chi connectivity index (χ3n) is 2.59. The Kier molecular flexibility index (Phi) is 3.74. The molecule has 0 aliphatic heterocycles. The number of hydrogen-bond donors (Lipinski definition) is 3. The number of nitrogens with zero attached hydrogens (tertiary/aromatic N) is 4. The Morgan fingerprint density at radius 2 is 2.21 bits per heavy atom. The summed E-state index contributed by atoms with van der Waals surface area (Å²) in [6.07, 6.45) is 0. The van der Waals surface area contributed by atoms with Crippen LogP contribution in [-0.4, -0.2) is 36.6 Å². The molecule has 0 spiro atoms. The average Bonchev–Trinajstić information content (AvgIpc) is 2.85. The van der Waals surface area contributed by atoms with Crippen molar-refractivity contribution >= 4 is 29.3 Å². The highest BCUT2D eigenvalue weighted by molar-refractivity contribution is 7.99. The van der Waals surface area contributed by atoms with Crippen LogP contribution >= 0.6 is 11.8 Å². The van der Waals surface area contributed by atoms with Crippen LogP contribution in [0.4, 0.5) is 11.6 Å². The zero-order valence-corrected chi connectivity index (χ0v) is 11.7. The third-order valence-corrected chi connectivity index (χ3v) is 3.61. The second-order valence-corrected chi connectivity index (χ2v) is 4.99. The number of carbonyl (C=O) groups excluding carboxylic acids is 1. The molecule has 1 amide bonds. The van der Waals surface area contributed by atoms with E-state index in [9.17, 15) is 4.79 Å². The molecule has 0 aliphatic carbocycles. The lowest BCUT2D eigenvalue weighted by Crippen LogP contribution is -2.15. The standard InChI is InChI=1S/C10H15N7OS/c1-5-8(6(2)14-13-5)12-7(18)4-19-10-16-15-9(11)17(10)3/h4H2,1-3H3,(H2,11,15)(H,12,18)(H,13,14). The molecule has 0 fully saturated rings. The van der Waals surface area contributed by atoms with Gasteiger partial charge in [0.2, 0.25) is 11.9 Å². The molecular weight excluding hydrogens is 266 g/mol. The SMILES string of the molecule is Cc1n[nH]c(C)c1NC(=O)CSc1nnc(N)n1C. The second kappa shape index (κ2) is 5.31. The van der Waals surface area contributed by atoms with Gasteiger partial charge >= 0.3 is 0 Å². The van der Waals surface area contributed by atoms with Crippen LogP contribution < -0.4 is 11.1 Å². The van der Waals surface area contributed by atoms with Gasteiger partial charge in [-0.1, -0.05) is 11.8 Å². The highest BCUT2D eigenvalue weighted by Gasteiger charge is 2.12. The van der Waals surface area contributed by atoms with Crippen molar-refractivity contribution in [2.75, 3.05) is 16.8 Å². The number of anilines is 2. The molecule has 8 nitrogen and oxygen atoms in total. The Hall–Kier alpha value is -2.03. The third kappa shape index (κ3) is 2.87. The molecule has 2 aromatic rings. The predicted octanol–water partition coefficient (Wildman–Crippen LogP) is 0.468. The van der Waals surface area contributed by atoms with Gasteiger partial charge < -0.3 is 11.1 Å². The Morgan fingerprint density at radius 1 is 1.47 bits per heavy atom. The highest BCUT2D eigenvalue weighted by Crippen LogP contribution is 2.19. The Labute approximate surface area is 114 Å². The van der Waals surface area contributed by atoms with Crippen molar-refractivity contribution in [2.24, 2.45) is 7.05 Å². The van der Waals surface area contributed by atoms with Crippen molar-refractivity contribution in [1.82, 2.24) is 25.0 Å². The first-order chi connectivity index (χ1) is 8.99. The fourth-order valence-electron chi connectivity index (χ4n) is 1.49. The maximum absolute atomic E-state index is 11.8. The van der Waals surface area contributed by atoms with E-state index in [1.54, 1.807) is 11.6 Å². The maximum Gasteiger partial charge on any atom is 0.234 e. The van der Waals surface area contributed by atoms with Crippen molar-refractivity contribution in [3.05, 3.63) is 11.4 Å². The lowest BCUT2D eigenvalue weighted by atomic mass is 10.3. The molecule has 0 saturated carbocycles. The topological polar surface area (TPSA) is 115 Å².